The van der Waals surface area contributed by atoms with E-state index in [-0.39, 0.29) is 18.2 Å². The lowest BCUT2D eigenvalue weighted by atomic mass is 9.92. The summed E-state index contributed by atoms with van der Waals surface area (Å²) in [6, 6.07) is 6.16. The van der Waals surface area contributed by atoms with Crippen LogP contribution in [0.3, 0.4) is 0 Å². The molecule has 2 aromatic rings. The van der Waals surface area contributed by atoms with Gasteiger partial charge in [0.25, 0.3) is 0 Å². The first-order chi connectivity index (χ1) is 12.3. The van der Waals surface area contributed by atoms with Gasteiger partial charge in [-0.25, -0.2) is 9.98 Å². The predicted octanol–water partition coefficient (Wildman–Crippen LogP) is 2.54. The van der Waals surface area contributed by atoms with Crippen LogP contribution < -0.4 is 10.5 Å². The maximum Gasteiger partial charge on any atom is 0.303 e. The van der Waals surface area contributed by atoms with E-state index in [9.17, 15) is 4.79 Å². The number of rotatable bonds is 3. The summed E-state index contributed by atoms with van der Waals surface area (Å²) in [5.41, 5.74) is 9.80. The summed E-state index contributed by atoms with van der Waals surface area (Å²) in [5.74, 6) is 0.0704. The Bertz CT molecular complexity index is 936. The number of aliphatic carboxylic acids is 1. The van der Waals surface area contributed by atoms with Crippen LogP contribution in [0.4, 0.5) is 11.5 Å². The number of hydrogen-bond donors (Lipinski definition) is 2. The molecule has 1 aromatic carbocycles. The molecule has 26 heavy (non-hydrogen) atoms. The number of nitrogens with zero attached hydrogens (tertiary/aromatic N) is 3. The van der Waals surface area contributed by atoms with Crippen molar-refractivity contribution >= 4 is 23.2 Å². The van der Waals surface area contributed by atoms with Crippen LogP contribution in [0.5, 0.6) is 5.88 Å². The number of nitrogen functional groups attached to an aromatic ring is 1. The van der Waals surface area contributed by atoms with Crippen LogP contribution >= 0.6 is 0 Å². The molecule has 1 unspecified atom stereocenters. The Hall–Kier alpha value is -2.96. The Labute approximate surface area is 151 Å². The number of ether oxygens (including phenoxy) is 1. The van der Waals surface area contributed by atoms with E-state index >= 15 is 0 Å². The minimum Gasteiger partial charge on any atom is -0.481 e. The van der Waals surface area contributed by atoms with Gasteiger partial charge in [-0.1, -0.05) is 12.1 Å². The van der Waals surface area contributed by atoms with Gasteiger partial charge in [0.05, 0.1) is 5.71 Å². The third-order valence-corrected chi connectivity index (χ3v) is 4.92. The van der Waals surface area contributed by atoms with Crippen molar-refractivity contribution in [2.24, 2.45) is 10.9 Å². The van der Waals surface area contributed by atoms with Crippen molar-refractivity contribution in [3.05, 3.63) is 41.2 Å². The van der Waals surface area contributed by atoms with Gasteiger partial charge < -0.3 is 15.6 Å². The van der Waals surface area contributed by atoms with E-state index in [1.807, 2.05) is 19.9 Å². The van der Waals surface area contributed by atoms with E-state index < -0.39 is 11.6 Å². The molecular formula is C19H20N4O3. The quantitative estimate of drug-likeness (QED) is 0.878. The Morgan fingerprint density at radius 1 is 1.31 bits per heavy atom. The number of fused-ring (bicyclic) bond motifs is 2. The molecule has 2 heterocycles. The zero-order valence-electron chi connectivity index (χ0n) is 14.7. The molecule has 1 aliphatic heterocycles. The molecule has 0 radical (unpaired) electrons. The number of carbonyl (C=O) groups is 1. The summed E-state index contributed by atoms with van der Waals surface area (Å²) >= 11 is 0. The molecule has 0 saturated heterocycles. The third-order valence-electron chi connectivity index (χ3n) is 4.92. The van der Waals surface area contributed by atoms with Crippen LogP contribution in [-0.4, -0.2) is 32.4 Å². The molecule has 0 amide bonds. The van der Waals surface area contributed by atoms with Gasteiger partial charge in [0.2, 0.25) is 5.88 Å². The Kier molecular flexibility index (Phi) is 3.68. The summed E-state index contributed by atoms with van der Waals surface area (Å²) in [6.07, 6.45) is 3.13. The van der Waals surface area contributed by atoms with Crippen LogP contribution in [0.2, 0.25) is 0 Å². The second-order valence-electron chi connectivity index (χ2n) is 7.34. The summed E-state index contributed by atoms with van der Waals surface area (Å²) in [7, 11) is 0. The van der Waals surface area contributed by atoms with Crippen molar-refractivity contribution < 1.29 is 14.6 Å². The largest absolute Gasteiger partial charge is 0.481 e. The lowest BCUT2D eigenvalue weighted by Crippen LogP contribution is -2.41. The number of carboxylic acids is 1. The van der Waals surface area contributed by atoms with Gasteiger partial charge >= 0.3 is 5.97 Å². The van der Waals surface area contributed by atoms with Gasteiger partial charge in [-0.3, -0.25) is 4.79 Å². The first-order valence-corrected chi connectivity index (χ1v) is 8.56. The molecule has 2 aliphatic rings. The molecule has 4 rings (SSSR count). The van der Waals surface area contributed by atoms with E-state index in [4.69, 9.17) is 20.6 Å². The minimum atomic E-state index is -0.749. The van der Waals surface area contributed by atoms with E-state index in [1.165, 1.54) is 17.5 Å². The Morgan fingerprint density at radius 2 is 2.08 bits per heavy atom. The van der Waals surface area contributed by atoms with Crippen molar-refractivity contribution in [1.29, 1.82) is 0 Å². The molecule has 1 aromatic heterocycles. The highest BCUT2D eigenvalue weighted by Crippen LogP contribution is 2.39. The van der Waals surface area contributed by atoms with E-state index in [1.54, 1.807) is 0 Å². The Morgan fingerprint density at radius 3 is 2.85 bits per heavy atom. The van der Waals surface area contributed by atoms with Gasteiger partial charge in [-0.05, 0) is 49.8 Å². The highest BCUT2D eigenvalue weighted by molar-refractivity contribution is 6.09. The van der Waals surface area contributed by atoms with Gasteiger partial charge in [-0.15, -0.1) is 0 Å². The first kappa shape index (κ1) is 16.5. The van der Waals surface area contributed by atoms with Gasteiger partial charge in [-0.2, -0.15) is 4.98 Å². The number of hydrogen-bond acceptors (Lipinski definition) is 6. The molecular weight excluding hydrogens is 332 g/mol. The lowest BCUT2D eigenvalue weighted by Gasteiger charge is -2.32. The van der Waals surface area contributed by atoms with Crippen molar-refractivity contribution in [2.45, 2.75) is 38.7 Å². The summed E-state index contributed by atoms with van der Waals surface area (Å²) in [6.45, 7) is 3.88. The first-order valence-electron chi connectivity index (χ1n) is 8.56. The molecule has 7 nitrogen and oxygen atoms in total. The van der Waals surface area contributed by atoms with Crippen molar-refractivity contribution in [3.63, 3.8) is 0 Å². The van der Waals surface area contributed by atoms with Gasteiger partial charge in [0.1, 0.15) is 11.9 Å². The molecule has 1 atom stereocenters. The molecule has 0 bridgehead atoms. The number of nitrogens with two attached hydrogens (primary N) is 1. The van der Waals surface area contributed by atoms with Crippen molar-refractivity contribution in [1.82, 2.24) is 9.97 Å². The third kappa shape index (κ3) is 2.79. The number of anilines is 1. The summed E-state index contributed by atoms with van der Waals surface area (Å²) in [4.78, 5) is 23.8. The Balaban J connectivity index is 1.72. The fraction of sp³-hybridized carbons (Fsp3) is 0.368. The van der Waals surface area contributed by atoms with Crippen LogP contribution in [0.25, 0.3) is 0 Å². The van der Waals surface area contributed by atoms with E-state index in [0.717, 1.165) is 24.1 Å². The highest BCUT2D eigenvalue weighted by atomic mass is 16.5. The lowest BCUT2D eigenvalue weighted by molar-refractivity contribution is -0.138. The number of aromatic nitrogens is 2. The average molecular weight is 352 g/mol. The SMILES string of the molecule is CC1(C)Oc2ncnc(N)c2N=C1c1ccc2c(c1)CC(CC(=O)O)C2. The predicted molar refractivity (Wildman–Crippen MR) is 96.9 cm³/mol. The molecule has 7 heteroatoms. The molecule has 134 valence electrons. The maximum atomic E-state index is 11.0. The number of benzene rings is 1. The zero-order chi connectivity index (χ0) is 18.5. The number of aliphatic imine (C=N–C) groups is 1. The van der Waals surface area contributed by atoms with Gasteiger partial charge in [0, 0.05) is 12.0 Å². The van der Waals surface area contributed by atoms with Crippen molar-refractivity contribution in [2.75, 3.05) is 5.73 Å². The standard InChI is InChI=1S/C19H20N4O3/c1-19(2)16(23-15-17(20)21-9-22-18(15)26-19)12-4-3-11-5-10(7-14(24)25)6-13(11)8-12/h3-4,8-10H,5-7H2,1-2H3,(H,24,25)(H2,20,21,22). The second kappa shape index (κ2) is 5.79. The van der Waals surface area contributed by atoms with Crippen LogP contribution in [-0.2, 0) is 17.6 Å². The van der Waals surface area contributed by atoms with Gasteiger partial charge in [0.15, 0.2) is 11.5 Å². The average Bonchev–Trinajstić information content (AvgIpc) is 2.94. The maximum absolute atomic E-state index is 11.0. The van der Waals surface area contributed by atoms with E-state index in [2.05, 4.69) is 22.1 Å². The van der Waals surface area contributed by atoms with Crippen LogP contribution in [0.15, 0.2) is 29.5 Å². The van der Waals surface area contributed by atoms with E-state index in [0.29, 0.717) is 11.6 Å². The topological polar surface area (TPSA) is 111 Å². The highest BCUT2D eigenvalue weighted by Gasteiger charge is 2.36. The van der Waals surface area contributed by atoms with Crippen molar-refractivity contribution in [3.8, 4) is 5.88 Å². The molecule has 0 fully saturated rings. The smallest absolute Gasteiger partial charge is 0.303 e. The molecule has 0 saturated carbocycles. The van der Waals surface area contributed by atoms with Crippen LogP contribution in [0.1, 0.15) is 37.0 Å². The fourth-order valence-electron chi connectivity index (χ4n) is 3.75. The molecule has 1 aliphatic carbocycles. The minimum absolute atomic E-state index is 0.153. The fourth-order valence-corrected chi connectivity index (χ4v) is 3.75. The molecule has 0 spiro atoms. The summed E-state index contributed by atoms with van der Waals surface area (Å²) in [5, 5.41) is 9.04. The second-order valence-corrected chi connectivity index (χ2v) is 7.34. The summed E-state index contributed by atoms with van der Waals surface area (Å²) < 4.78 is 6.02. The number of carboxylic acid groups (broad SMARTS) is 1. The zero-order valence-corrected chi connectivity index (χ0v) is 14.7. The molecule has 3 N–H and O–H groups in total. The normalized spacial score (nSPS) is 19.9. The van der Waals surface area contributed by atoms with Crippen LogP contribution in [0, 0.1) is 5.92 Å². The monoisotopic (exact) mass is 352 g/mol.